The highest BCUT2D eigenvalue weighted by atomic mass is 16.5. The lowest BCUT2D eigenvalue weighted by Crippen LogP contribution is -2.44. The number of rotatable bonds is 8. The molecule has 1 fully saturated rings. The summed E-state index contributed by atoms with van der Waals surface area (Å²) < 4.78 is 5.53. The normalized spacial score (nSPS) is 17.3. The van der Waals surface area contributed by atoms with E-state index in [4.69, 9.17) is 4.74 Å². The van der Waals surface area contributed by atoms with Gasteiger partial charge in [0.15, 0.2) is 0 Å². The van der Waals surface area contributed by atoms with Crippen LogP contribution in [-0.2, 0) is 0 Å². The zero-order valence-corrected chi connectivity index (χ0v) is 15.2. The van der Waals surface area contributed by atoms with Crippen molar-refractivity contribution in [3.05, 3.63) is 29.8 Å². The Morgan fingerprint density at radius 3 is 2.46 bits per heavy atom. The maximum Gasteiger partial charge on any atom is 0.315 e. The predicted molar refractivity (Wildman–Crippen MR) is 97.4 cm³/mol. The second-order valence-corrected chi connectivity index (χ2v) is 6.42. The first-order chi connectivity index (χ1) is 11.6. The molecule has 0 radical (unpaired) electrons. The van der Waals surface area contributed by atoms with Crippen LogP contribution in [0, 0.1) is 0 Å². The number of benzene rings is 1. The van der Waals surface area contributed by atoms with Crippen molar-refractivity contribution in [3.8, 4) is 5.75 Å². The van der Waals surface area contributed by atoms with Crippen LogP contribution in [0.3, 0.4) is 0 Å². The van der Waals surface area contributed by atoms with E-state index in [1.165, 1.54) is 18.4 Å². The minimum absolute atomic E-state index is 0.0838. The Hall–Kier alpha value is -1.75. The van der Waals surface area contributed by atoms with Crippen molar-refractivity contribution in [2.24, 2.45) is 0 Å². The van der Waals surface area contributed by atoms with Crippen LogP contribution >= 0.6 is 0 Å². The maximum absolute atomic E-state index is 12.0. The zero-order valence-electron chi connectivity index (χ0n) is 15.2. The fraction of sp³-hybridized carbons (Fsp3) is 0.632. The van der Waals surface area contributed by atoms with E-state index in [1.54, 1.807) is 0 Å². The topological polar surface area (TPSA) is 53.6 Å². The van der Waals surface area contributed by atoms with E-state index in [1.807, 2.05) is 26.0 Å². The van der Waals surface area contributed by atoms with Crippen molar-refractivity contribution in [2.75, 3.05) is 26.2 Å². The standard InChI is InChI=1S/C19H31N3O2/c1-4-15(3)21-19(23)20-14-18(22-12-6-7-13-22)16-8-10-17(11-9-16)24-5-2/h8-11,15,18H,4-7,12-14H2,1-3H3,(H2,20,21,23). The van der Waals surface area contributed by atoms with Crippen LogP contribution in [0.4, 0.5) is 4.79 Å². The summed E-state index contributed by atoms with van der Waals surface area (Å²) in [5.74, 6) is 0.892. The number of hydrogen-bond acceptors (Lipinski definition) is 3. The van der Waals surface area contributed by atoms with Gasteiger partial charge in [0.2, 0.25) is 0 Å². The first-order valence-corrected chi connectivity index (χ1v) is 9.15. The van der Waals surface area contributed by atoms with Gasteiger partial charge in [-0.3, -0.25) is 4.90 Å². The molecule has 134 valence electrons. The lowest BCUT2D eigenvalue weighted by molar-refractivity contribution is 0.218. The molecule has 0 saturated carbocycles. The summed E-state index contributed by atoms with van der Waals surface area (Å²) in [5.41, 5.74) is 1.23. The molecule has 0 bridgehead atoms. The maximum atomic E-state index is 12.0. The Balaban J connectivity index is 2.00. The Bertz CT molecular complexity index is 498. The van der Waals surface area contributed by atoms with Crippen LogP contribution in [0.1, 0.15) is 51.6 Å². The molecule has 1 aromatic rings. The fourth-order valence-electron chi connectivity index (χ4n) is 3.03. The average molecular weight is 333 g/mol. The summed E-state index contributed by atoms with van der Waals surface area (Å²) in [6, 6.07) is 8.58. The Morgan fingerprint density at radius 1 is 1.21 bits per heavy atom. The van der Waals surface area contributed by atoms with E-state index >= 15 is 0 Å². The average Bonchev–Trinajstić information content (AvgIpc) is 3.11. The molecule has 2 unspecified atom stereocenters. The third kappa shape index (κ3) is 5.41. The summed E-state index contributed by atoms with van der Waals surface area (Å²) in [7, 11) is 0. The quantitative estimate of drug-likeness (QED) is 0.767. The molecule has 1 aliphatic rings. The summed E-state index contributed by atoms with van der Waals surface area (Å²) in [6.07, 6.45) is 3.39. The van der Waals surface area contributed by atoms with Crippen LogP contribution in [0.5, 0.6) is 5.75 Å². The van der Waals surface area contributed by atoms with Crippen molar-refractivity contribution >= 4 is 6.03 Å². The molecule has 1 aliphatic heterocycles. The molecule has 2 rings (SSSR count). The molecule has 1 saturated heterocycles. The molecular weight excluding hydrogens is 302 g/mol. The number of hydrogen-bond donors (Lipinski definition) is 2. The Morgan fingerprint density at radius 2 is 1.88 bits per heavy atom. The van der Waals surface area contributed by atoms with Gasteiger partial charge in [0.25, 0.3) is 0 Å². The molecular formula is C19H31N3O2. The summed E-state index contributed by atoms with van der Waals surface area (Å²) in [4.78, 5) is 14.5. The van der Waals surface area contributed by atoms with Gasteiger partial charge in [-0.15, -0.1) is 0 Å². The number of likely N-dealkylation sites (tertiary alicyclic amines) is 1. The second-order valence-electron chi connectivity index (χ2n) is 6.42. The summed E-state index contributed by atoms with van der Waals surface area (Å²) >= 11 is 0. The third-order valence-corrected chi connectivity index (χ3v) is 4.60. The van der Waals surface area contributed by atoms with Gasteiger partial charge >= 0.3 is 6.03 Å². The number of carbonyl (C=O) groups is 1. The lowest BCUT2D eigenvalue weighted by Gasteiger charge is -2.28. The summed E-state index contributed by atoms with van der Waals surface area (Å²) in [6.45, 7) is 9.55. The van der Waals surface area contributed by atoms with E-state index in [0.717, 1.165) is 25.3 Å². The van der Waals surface area contributed by atoms with Gasteiger partial charge in [0.05, 0.1) is 12.6 Å². The van der Waals surface area contributed by atoms with E-state index < -0.39 is 0 Å². The smallest absolute Gasteiger partial charge is 0.315 e. The highest BCUT2D eigenvalue weighted by molar-refractivity contribution is 5.74. The van der Waals surface area contributed by atoms with Crippen molar-refractivity contribution in [2.45, 2.75) is 52.1 Å². The number of nitrogens with zero attached hydrogens (tertiary/aromatic N) is 1. The molecule has 2 atom stereocenters. The van der Waals surface area contributed by atoms with Gasteiger partial charge in [0, 0.05) is 12.6 Å². The number of carbonyl (C=O) groups excluding carboxylic acids is 1. The molecule has 2 amide bonds. The fourth-order valence-corrected chi connectivity index (χ4v) is 3.03. The number of nitrogens with one attached hydrogen (secondary N) is 2. The molecule has 24 heavy (non-hydrogen) atoms. The second kappa shape index (κ2) is 9.52. The minimum Gasteiger partial charge on any atom is -0.494 e. The largest absolute Gasteiger partial charge is 0.494 e. The third-order valence-electron chi connectivity index (χ3n) is 4.60. The molecule has 1 aromatic carbocycles. The molecule has 0 aliphatic carbocycles. The van der Waals surface area contributed by atoms with Crippen LogP contribution in [0.2, 0.25) is 0 Å². The number of ether oxygens (including phenoxy) is 1. The lowest BCUT2D eigenvalue weighted by atomic mass is 10.1. The van der Waals surface area contributed by atoms with Crippen molar-refractivity contribution in [3.63, 3.8) is 0 Å². The number of urea groups is 1. The van der Waals surface area contributed by atoms with Crippen LogP contribution in [0.15, 0.2) is 24.3 Å². The molecule has 2 N–H and O–H groups in total. The monoisotopic (exact) mass is 333 g/mol. The van der Waals surface area contributed by atoms with Crippen molar-refractivity contribution in [1.29, 1.82) is 0 Å². The predicted octanol–water partition coefficient (Wildman–Crippen LogP) is 3.32. The first kappa shape index (κ1) is 18.6. The van der Waals surface area contributed by atoms with Crippen molar-refractivity contribution < 1.29 is 9.53 Å². The Kier molecular flexibility index (Phi) is 7.37. The zero-order chi connectivity index (χ0) is 17.4. The SMILES string of the molecule is CCOc1ccc(C(CNC(=O)NC(C)CC)N2CCCC2)cc1. The van der Waals surface area contributed by atoms with E-state index in [2.05, 4.69) is 34.6 Å². The summed E-state index contributed by atoms with van der Waals surface area (Å²) in [5, 5.41) is 6.00. The highest BCUT2D eigenvalue weighted by Gasteiger charge is 2.24. The number of amides is 2. The van der Waals surface area contributed by atoms with Gasteiger partial charge < -0.3 is 15.4 Å². The van der Waals surface area contributed by atoms with Gasteiger partial charge in [0.1, 0.15) is 5.75 Å². The van der Waals surface area contributed by atoms with Gasteiger partial charge in [-0.1, -0.05) is 19.1 Å². The Labute approximate surface area is 145 Å². The van der Waals surface area contributed by atoms with E-state index in [0.29, 0.717) is 13.2 Å². The molecule has 5 heteroatoms. The van der Waals surface area contributed by atoms with Crippen LogP contribution in [-0.4, -0.2) is 43.2 Å². The van der Waals surface area contributed by atoms with Crippen LogP contribution < -0.4 is 15.4 Å². The van der Waals surface area contributed by atoms with E-state index in [9.17, 15) is 4.79 Å². The molecule has 1 heterocycles. The highest BCUT2D eigenvalue weighted by Crippen LogP contribution is 2.26. The van der Waals surface area contributed by atoms with E-state index in [-0.39, 0.29) is 18.1 Å². The van der Waals surface area contributed by atoms with Crippen LogP contribution in [0.25, 0.3) is 0 Å². The van der Waals surface area contributed by atoms with Gasteiger partial charge in [-0.25, -0.2) is 4.79 Å². The van der Waals surface area contributed by atoms with Gasteiger partial charge in [-0.05, 0) is 63.9 Å². The van der Waals surface area contributed by atoms with Crippen molar-refractivity contribution in [1.82, 2.24) is 15.5 Å². The molecule has 0 aromatic heterocycles. The minimum atomic E-state index is -0.0838. The first-order valence-electron chi connectivity index (χ1n) is 9.15. The van der Waals surface area contributed by atoms with Gasteiger partial charge in [-0.2, -0.15) is 0 Å². The molecule has 0 spiro atoms. The molecule has 5 nitrogen and oxygen atoms in total.